The van der Waals surface area contributed by atoms with E-state index in [0.29, 0.717) is 5.75 Å². The fourth-order valence-electron chi connectivity index (χ4n) is 4.47. The van der Waals surface area contributed by atoms with Crippen molar-refractivity contribution in [2.75, 3.05) is 26.2 Å². The van der Waals surface area contributed by atoms with Crippen LogP contribution in [0.1, 0.15) is 55.3 Å². The van der Waals surface area contributed by atoms with Gasteiger partial charge < -0.3 is 17.5 Å². The lowest BCUT2D eigenvalue weighted by atomic mass is 10.0. The van der Waals surface area contributed by atoms with Gasteiger partial charge >= 0.3 is 0 Å². The Morgan fingerprint density at radius 2 is 1.38 bits per heavy atom. The zero-order chi connectivity index (χ0) is 19.3. The quantitative estimate of drug-likeness (QED) is 0.809. The number of aromatic hydroxyl groups is 1. The van der Waals surface area contributed by atoms with Crippen molar-refractivity contribution in [2.24, 2.45) is 0 Å². The van der Waals surface area contributed by atoms with Crippen molar-refractivity contribution in [3.8, 4) is 17.0 Å². The van der Waals surface area contributed by atoms with Gasteiger partial charge in [0.2, 0.25) is 0 Å². The second-order valence-electron chi connectivity index (χ2n) is 8.51. The second kappa shape index (κ2) is 10.4. The molecule has 2 aliphatic rings. The number of nitrogens with zero attached hydrogens (tertiary/aromatic N) is 3. The van der Waals surface area contributed by atoms with Crippen LogP contribution in [0, 0.1) is 6.92 Å². The summed E-state index contributed by atoms with van der Waals surface area (Å²) in [4.78, 5) is 9.89. The Hall–Kier alpha value is -1.62. The molecule has 2 aliphatic heterocycles. The molecule has 158 valence electrons. The Morgan fingerprint density at radius 3 is 1.97 bits per heavy atom. The van der Waals surface area contributed by atoms with Gasteiger partial charge in [-0.15, -0.1) is 0 Å². The fourth-order valence-corrected chi connectivity index (χ4v) is 4.47. The van der Waals surface area contributed by atoms with Gasteiger partial charge in [0, 0.05) is 24.2 Å². The van der Waals surface area contributed by atoms with Crippen molar-refractivity contribution in [2.45, 2.75) is 58.5 Å². The van der Waals surface area contributed by atoms with Gasteiger partial charge in [-0.1, -0.05) is 42.7 Å². The molecule has 4 rings (SSSR count). The average molecular weight is 415 g/mol. The summed E-state index contributed by atoms with van der Waals surface area (Å²) < 4.78 is 0. The van der Waals surface area contributed by atoms with E-state index in [1.165, 1.54) is 44.1 Å². The number of rotatable bonds is 5. The van der Waals surface area contributed by atoms with Crippen molar-refractivity contribution < 1.29 is 17.5 Å². The molecule has 0 radical (unpaired) electrons. The summed E-state index contributed by atoms with van der Waals surface area (Å²) in [7, 11) is 0. The molecular formula is C24H33ClN3O-. The minimum absolute atomic E-state index is 0. The summed E-state index contributed by atoms with van der Waals surface area (Å²) in [5.41, 5.74) is 5.08. The lowest BCUT2D eigenvalue weighted by Crippen LogP contribution is -3.00. The van der Waals surface area contributed by atoms with E-state index in [0.717, 1.165) is 61.8 Å². The normalized spacial score (nSPS) is 18.4. The lowest BCUT2D eigenvalue weighted by Gasteiger charge is -2.28. The molecule has 0 amide bonds. The van der Waals surface area contributed by atoms with Gasteiger partial charge in [-0.25, -0.2) is 4.98 Å². The molecular weight excluding hydrogens is 382 g/mol. The molecule has 0 aliphatic carbocycles. The number of aryl methyl sites for hydroxylation is 1. The van der Waals surface area contributed by atoms with E-state index in [2.05, 4.69) is 47.1 Å². The van der Waals surface area contributed by atoms with Crippen LogP contribution in [0.25, 0.3) is 11.3 Å². The number of halogens is 1. The number of benzene rings is 1. The van der Waals surface area contributed by atoms with Crippen LogP contribution < -0.4 is 12.4 Å². The van der Waals surface area contributed by atoms with Crippen molar-refractivity contribution in [3.05, 3.63) is 47.2 Å². The Kier molecular flexibility index (Phi) is 7.93. The van der Waals surface area contributed by atoms with E-state index < -0.39 is 0 Å². The molecule has 29 heavy (non-hydrogen) atoms. The van der Waals surface area contributed by atoms with Gasteiger partial charge in [0.05, 0.1) is 5.69 Å². The number of aromatic nitrogens is 1. The minimum Gasteiger partial charge on any atom is -1.00 e. The summed E-state index contributed by atoms with van der Waals surface area (Å²) in [5, 5.41) is 11.1. The molecule has 1 N–H and O–H groups in total. The molecule has 0 atom stereocenters. The third-order valence-electron chi connectivity index (χ3n) is 6.13. The molecule has 0 unspecified atom stereocenters. The first-order chi connectivity index (χ1) is 13.7. The van der Waals surface area contributed by atoms with Crippen LogP contribution in [-0.2, 0) is 13.1 Å². The molecule has 2 saturated heterocycles. The Bertz CT molecular complexity index is 781. The molecule has 1 aromatic heterocycles. The highest BCUT2D eigenvalue weighted by atomic mass is 35.5. The second-order valence-corrected chi connectivity index (χ2v) is 8.51. The zero-order valence-electron chi connectivity index (χ0n) is 17.5. The Labute approximate surface area is 181 Å². The van der Waals surface area contributed by atoms with Crippen LogP contribution in [-0.4, -0.2) is 46.1 Å². The first-order valence-electron chi connectivity index (χ1n) is 10.9. The topological polar surface area (TPSA) is 39.6 Å². The highest BCUT2D eigenvalue weighted by molar-refractivity contribution is 5.68. The third-order valence-corrected chi connectivity index (χ3v) is 6.13. The van der Waals surface area contributed by atoms with Crippen molar-refractivity contribution in [1.82, 2.24) is 14.8 Å². The average Bonchev–Trinajstić information content (AvgIpc) is 2.72. The van der Waals surface area contributed by atoms with Gasteiger partial charge in [0.1, 0.15) is 11.4 Å². The summed E-state index contributed by atoms with van der Waals surface area (Å²) in [5.74, 6) is 0.358. The standard InChI is InChI=1S/C24H33N3O.ClH/c1-19-8-10-20(11-9-19)23-24(28)21(17-26-12-4-2-5-13-26)16-22(25-23)18-27-14-6-3-7-15-27;/h8-11,16,28H,2-7,12-15,17-18H2,1H3;1H/p-1. The van der Waals surface area contributed by atoms with Crippen LogP contribution >= 0.6 is 0 Å². The van der Waals surface area contributed by atoms with Crippen LogP contribution in [0.15, 0.2) is 30.3 Å². The largest absolute Gasteiger partial charge is 1.00 e. The van der Waals surface area contributed by atoms with Gasteiger partial charge in [-0.3, -0.25) is 9.80 Å². The van der Waals surface area contributed by atoms with E-state index in [9.17, 15) is 5.11 Å². The van der Waals surface area contributed by atoms with Crippen molar-refractivity contribution >= 4 is 0 Å². The van der Waals surface area contributed by atoms with Gasteiger partial charge in [0.25, 0.3) is 0 Å². The maximum Gasteiger partial charge on any atom is 0.146 e. The van der Waals surface area contributed by atoms with Gasteiger partial charge in [0.15, 0.2) is 0 Å². The van der Waals surface area contributed by atoms with E-state index >= 15 is 0 Å². The van der Waals surface area contributed by atoms with Gasteiger partial charge in [-0.2, -0.15) is 0 Å². The summed E-state index contributed by atoms with van der Waals surface area (Å²) in [6.07, 6.45) is 7.75. The van der Waals surface area contributed by atoms with Crippen LogP contribution in [0.4, 0.5) is 0 Å². The number of piperidine rings is 2. The molecule has 0 spiro atoms. The first kappa shape index (κ1) is 22.1. The van der Waals surface area contributed by atoms with Crippen LogP contribution in [0.3, 0.4) is 0 Å². The first-order valence-corrected chi connectivity index (χ1v) is 10.9. The monoisotopic (exact) mass is 414 g/mol. The summed E-state index contributed by atoms with van der Waals surface area (Å²) in [6.45, 7) is 8.36. The van der Waals surface area contributed by atoms with Crippen molar-refractivity contribution in [3.63, 3.8) is 0 Å². The maximum absolute atomic E-state index is 11.1. The van der Waals surface area contributed by atoms with Gasteiger partial charge in [-0.05, 0) is 64.9 Å². The third kappa shape index (κ3) is 5.71. The molecule has 4 nitrogen and oxygen atoms in total. The predicted molar refractivity (Wildman–Crippen MR) is 114 cm³/mol. The summed E-state index contributed by atoms with van der Waals surface area (Å²) >= 11 is 0. The molecule has 2 aromatic rings. The fraction of sp³-hybridized carbons (Fsp3) is 0.542. The Balaban J connectivity index is 0.00000240. The number of hydrogen-bond donors (Lipinski definition) is 1. The lowest BCUT2D eigenvalue weighted by molar-refractivity contribution is -0.00000683. The zero-order valence-corrected chi connectivity index (χ0v) is 18.3. The highest BCUT2D eigenvalue weighted by Crippen LogP contribution is 2.33. The van der Waals surface area contributed by atoms with Crippen molar-refractivity contribution in [1.29, 1.82) is 0 Å². The molecule has 3 heterocycles. The number of hydrogen-bond acceptors (Lipinski definition) is 4. The molecule has 1 aromatic carbocycles. The van der Waals surface area contributed by atoms with E-state index in [1.807, 2.05) is 0 Å². The minimum atomic E-state index is 0. The van der Waals surface area contributed by atoms with E-state index in [1.54, 1.807) is 0 Å². The smallest absolute Gasteiger partial charge is 0.146 e. The Morgan fingerprint density at radius 1 is 0.828 bits per heavy atom. The molecule has 5 heteroatoms. The van der Waals surface area contributed by atoms with E-state index in [4.69, 9.17) is 4.98 Å². The predicted octanol–water partition coefficient (Wildman–Crippen LogP) is 1.74. The summed E-state index contributed by atoms with van der Waals surface area (Å²) in [6, 6.07) is 10.5. The number of likely N-dealkylation sites (tertiary alicyclic amines) is 2. The maximum atomic E-state index is 11.1. The molecule has 0 bridgehead atoms. The molecule has 0 saturated carbocycles. The number of pyridine rings is 1. The van der Waals surface area contributed by atoms with Crippen LogP contribution in [0.5, 0.6) is 5.75 Å². The SMILES string of the molecule is Cc1ccc(-c2nc(CN3CCCCC3)cc(CN3CCCCC3)c2O)cc1.[Cl-]. The van der Waals surface area contributed by atoms with E-state index in [-0.39, 0.29) is 12.4 Å². The molecule has 2 fully saturated rings. The van der Waals surface area contributed by atoms with Crippen LogP contribution in [0.2, 0.25) is 0 Å². The highest BCUT2D eigenvalue weighted by Gasteiger charge is 2.19.